The maximum Gasteiger partial charge on any atom is 0.313 e. The van der Waals surface area contributed by atoms with Gasteiger partial charge in [0, 0.05) is 11.4 Å². The van der Waals surface area contributed by atoms with Crippen LogP contribution < -0.4 is 0 Å². The Bertz CT molecular complexity index is 539. The number of hydrogen-bond donors (Lipinski definition) is 2. The highest BCUT2D eigenvalue weighted by atomic mass is 32.2. The number of thiophene rings is 1. The molecule has 2 rings (SSSR count). The van der Waals surface area contributed by atoms with E-state index < -0.39 is 5.97 Å². The monoisotopic (exact) mass is 299 g/mol. The number of aliphatic hydroxyl groups is 1. The Morgan fingerprint density at radius 2 is 2.32 bits per heavy atom. The summed E-state index contributed by atoms with van der Waals surface area (Å²) in [6.45, 7) is 0.427. The Balaban J connectivity index is 2.07. The van der Waals surface area contributed by atoms with Crippen LogP contribution in [0.2, 0.25) is 0 Å². The van der Waals surface area contributed by atoms with Gasteiger partial charge in [0.05, 0.1) is 5.75 Å². The van der Waals surface area contributed by atoms with Crippen molar-refractivity contribution >= 4 is 29.1 Å². The molecule has 0 amide bonds. The first-order chi connectivity index (χ1) is 9.20. The van der Waals surface area contributed by atoms with Gasteiger partial charge in [0.25, 0.3) is 0 Å². The number of thioether (sulfide) groups is 1. The topological polar surface area (TPSA) is 88.2 Å². The van der Waals surface area contributed by atoms with Crippen LogP contribution in [0.5, 0.6) is 0 Å². The summed E-state index contributed by atoms with van der Waals surface area (Å²) in [6.07, 6.45) is 0.809. The zero-order valence-corrected chi connectivity index (χ0v) is 11.7. The summed E-state index contributed by atoms with van der Waals surface area (Å²) in [6, 6.07) is 4.02. The van der Waals surface area contributed by atoms with Gasteiger partial charge in [-0.1, -0.05) is 17.8 Å². The van der Waals surface area contributed by atoms with Crippen LogP contribution in [0.3, 0.4) is 0 Å². The third kappa shape index (κ3) is 3.79. The van der Waals surface area contributed by atoms with Gasteiger partial charge in [-0.3, -0.25) is 4.79 Å². The molecule has 0 aliphatic carbocycles. The normalized spacial score (nSPS) is 10.8. The van der Waals surface area contributed by atoms with Crippen molar-refractivity contribution < 1.29 is 15.0 Å². The van der Waals surface area contributed by atoms with Gasteiger partial charge in [-0.15, -0.1) is 21.5 Å². The lowest BCUT2D eigenvalue weighted by Crippen LogP contribution is -2.08. The number of rotatable bonds is 7. The lowest BCUT2D eigenvalue weighted by atomic mass is 10.3. The summed E-state index contributed by atoms with van der Waals surface area (Å²) in [5, 5.41) is 28.2. The van der Waals surface area contributed by atoms with E-state index in [1.165, 1.54) is 4.88 Å². The Labute approximate surface area is 118 Å². The molecule has 8 heteroatoms. The first-order valence-corrected chi connectivity index (χ1v) is 7.47. The molecule has 2 aromatic heterocycles. The Hall–Kier alpha value is -1.38. The van der Waals surface area contributed by atoms with Crippen molar-refractivity contribution in [2.24, 2.45) is 0 Å². The minimum Gasteiger partial charge on any atom is -0.481 e. The lowest BCUT2D eigenvalue weighted by molar-refractivity contribution is -0.133. The van der Waals surface area contributed by atoms with E-state index in [0.29, 0.717) is 17.5 Å². The number of aryl methyl sites for hydroxylation is 1. The highest BCUT2D eigenvalue weighted by Gasteiger charge is 2.13. The smallest absolute Gasteiger partial charge is 0.313 e. The van der Waals surface area contributed by atoms with Crippen molar-refractivity contribution in [1.82, 2.24) is 14.8 Å². The largest absolute Gasteiger partial charge is 0.481 e. The quantitative estimate of drug-likeness (QED) is 0.748. The zero-order chi connectivity index (χ0) is 13.7. The van der Waals surface area contributed by atoms with Crippen molar-refractivity contribution in [3.05, 3.63) is 28.2 Å². The minimum atomic E-state index is -0.900. The summed E-state index contributed by atoms with van der Waals surface area (Å²) >= 11 is 2.78. The lowest BCUT2D eigenvalue weighted by Gasteiger charge is -2.07. The molecule has 0 saturated carbocycles. The summed E-state index contributed by atoms with van der Waals surface area (Å²) in [4.78, 5) is 11.8. The molecular formula is C11H13N3O3S2. The van der Waals surface area contributed by atoms with Crippen LogP contribution in [-0.2, 0) is 24.4 Å². The first-order valence-electron chi connectivity index (χ1n) is 5.60. The average Bonchev–Trinajstić information content (AvgIpc) is 3.02. The predicted molar refractivity (Wildman–Crippen MR) is 72.3 cm³/mol. The Kier molecular flexibility index (Phi) is 4.94. The summed E-state index contributed by atoms with van der Waals surface area (Å²) in [5.74, 6) is -0.504. The molecule has 0 radical (unpaired) electrons. The van der Waals surface area contributed by atoms with Gasteiger partial charge in [0.1, 0.15) is 6.61 Å². The van der Waals surface area contributed by atoms with Gasteiger partial charge in [-0.2, -0.15) is 0 Å². The fraction of sp³-hybridized carbons (Fsp3) is 0.364. The predicted octanol–water partition coefficient (Wildman–Crippen LogP) is 1.25. The highest BCUT2D eigenvalue weighted by molar-refractivity contribution is 7.99. The van der Waals surface area contributed by atoms with Crippen LogP contribution >= 0.6 is 23.1 Å². The van der Waals surface area contributed by atoms with Crippen LogP contribution in [0, 0.1) is 0 Å². The molecule has 0 bridgehead atoms. The fourth-order valence-corrected chi connectivity index (χ4v) is 2.97. The van der Waals surface area contributed by atoms with Gasteiger partial charge in [-0.05, 0) is 17.9 Å². The Morgan fingerprint density at radius 1 is 1.47 bits per heavy atom. The average molecular weight is 299 g/mol. The molecule has 2 aromatic rings. The standard InChI is InChI=1S/C11H13N3O3S2/c15-6-9-12-13-11(19-7-10(16)17)14(9)4-3-8-2-1-5-18-8/h1-2,5,15H,3-4,6-7H2,(H,16,17). The molecule has 0 aliphatic rings. The second-order valence-electron chi connectivity index (χ2n) is 3.72. The number of hydrogen-bond acceptors (Lipinski definition) is 6. The molecule has 19 heavy (non-hydrogen) atoms. The van der Waals surface area contributed by atoms with E-state index in [0.717, 1.165) is 18.2 Å². The van der Waals surface area contributed by atoms with Crippen molar-refractivity contribution in [2.75, 3.05) is 5.75 Å². The van der Waals surface area contributed by atoms with Crippen molar-refractivity contribution in [2.45, 2.75) is 24.7 Å². The minimum absolute atomic E-state index is 0.0669. The third-order valence-corrected chi connectivity index (χ3v) is 4.31. The molecule has 0 aliphatic heterocycles. The highest BCUT2D eigenvalue weighted by Crippen LogP contribution is 2.18. The van der Waals surface area contributed by atoms with Crippen LogP contribution in [0.1, 0.15) is 10.7 Å². The zero-order valence-electron chi connectivity index (χ0n) is 10.0. The second-order valence-corrected chi connectivity index (χ2v) is 5.70. The molecule has 6 nitrogen and oxygen atoms in total. The molecule has 0 unspecified atom stereocenters. The molecule has 0 fully saturated rings. The van der Waals surface area contributed by atoms with Gasteiger partial charge in [0.2, 0.25) is 0 Å². The molecule has 0 spiro atoms. The van der Waals surface area contributed by atoms with Crippen LogP contribution in [0.15, 0.2) is 22.7 Å². The van der Waals surface area contributed by atoms with Gasteiger partial charge in [0.15, 0.2) is 11.0 Å². The summed E-state index contributed by atoms with van der Waals surface area (Å²) < 4.78 is 1.77. The molecule has 0 atom stereocenters. The van der Waals surface area contributed by atoms with E-state index in [1.807, 2.05) is 17.5 Å². The first kappa shape index (κ1) is 14.0. The SMILES string of the molecule is O=C(O)CSc1nnc(CO)n1CCc1cccs1. The van der Waals surface area contributed by atoms with Crippen molar-refractivity contribution in [1.29, 1.82) is 0 Å². The number of carboxylic acids is 1. The van der Waals surface area contributed by atoms with Gasteiger partial charge < -0.3 is 14.8 Å². The van der Waals surface area contributed by atoms with Crippen LogP contribution in [-0.4, -0.2) is 36.7 Å². The Morgan fingerprint density at radius 3 is 2.95 bits per heavy atom. The second kappa shape index (κ2) is 6.69. The van der Waals surface area contributed by atoms with Gasteiger partial charge in [-0.25, -0.2) is 0 Å². The molecule has 0 aromatic carbocycles. The van der Waals surface area contributed by atoms with Gasteiger partial charge >= 0.3 is 5.97 Å². The van der Waals surface area contributed by atoms with E-state index in [9.17, 15) is 9.90 Å². The maximum absolute atomic E-state index is 10.6. The van der Waals surface area contributed by atoms with Crippen molar-refractivity contribution in [3.63, 3.8) is 0 Å². The number of carboxylic acid groups (broad SMARTS) is 1. The van der Waals surface area contributed by atoms with Crippen LogP contribution in [0.25, 0.3) is 0 Å². The molecule has 2 N–H and O–H groups in total. The van der Waals surface area contributed by atoms with E-state index in [1.54, 1.807) is 15.9 Å². The molecular weight excluding hydrogens is 286 g/mol. The maximum atomic E-state index is 10.6. The third-order valence-electron chi connectivity index (χ3n) is 2.42. The van der Waals surface area contributed by atoms with E-state index in [2.05, 4.69) is 10.2 Å². The summed E-state index contributed by atoms with van der Waals surface area (Å²) in [5.41, 5.74) is 0. The number of carbonyl (C=O) groups is 1. The summed E-state index contributed by atoms with van der Waals surface area (Å²) in [7, 11) is 0. The molecule has 2 heterocycles. The number of aliphatic carboxylic acids is 1. The number of nitrogens with zero attached hydrogens (tertiary/aromatic N) is 3. The van der Waals surface area contributed by atoms with Crippen molar-refractivity contribution in [3.8, 4) is 0 Å². The number of aliphatic hydroxyl groups excluding tert-OH is 1. The molecule has 102 valence electrons. The van der Waals surface area contributed by atoms with Crippen LogP contribution in [0.4, 0.5) is 0 Å². The fourth-order valence-electron chi connectivity index (χ4n) is 1.57. The van der Waals surface area contributed by atoms with E-state index in [4.69, 9.17) is 5.11 Å². The molecule has 0 saturated heterocycles. The number of aromatic nitrogens is 3. The van der Waals surface area contributed by atoms with E-state index >= 15 is 0 Å². The van der Waals surface area contributed by atoms with E-state index in [-0.39, 0.29) is 12.4 Å².